The van der Waals surface area contributed by atoms with Crippen molar-refractivity contribution in [3.8, 4) is 17.2 Å². The van der Waals surface area contributed by atoms with E-state index >= 15 is 0 Å². The topological polar surface area (TPSA) is 97.6 Å². The summed E-state index contributed by atoms with van der Waals surface area (Å²) in [5.74, 6) is 1.50. The van der Waals surface area contributed by atoms with Crippen LogP contribution < -0.4 is 20.1 Å². The average Bonchev–Trinajstić information content (AvgIpc) is 3.23. The number of anilines is 2. The van der Waals surface area contributed by atoms with Gasteiger partial charge < -0.3 is 25.2 Å². The number of nitrogens with zero attached hydrogens (tertiary/aromatic N) is 2. The number of carbonyl (C=O) groups excluding carboxylic acids is 1. The van der Waals surface area contributed by atoms with Gasteiger partial charge in [-0.3, -0.25) is 9.36 Å². The summed E-state index contributed by atoms with van der Waals surface area (Å²) in [4.78, 5) is 18.5. The van der Waals surface area contributed by atoms with Crippen LogP contribution in [0.3, 0.4) is 0 Å². The standard InChI is InChI=1S/C27H26N4O4/c1-4-35-23-15-17(9-14-22(23)32)25-24(26(33)29-18-10-12-19(34-3)13-11-18)16(2)28-27-30-20-7-5-6-8-21(20)31(25)27/h5-15,25,32H,4H2,1-3H3,(H,28,30)(H,29,33)/t25-/m1/s1. The molecule has 3 aromatic carbocycles. The molecule has 0 spiro atoms. The molecule has 8 nitrogen and oxygen atoms in total. The number of aromatic nitrogens is 2. The molecule has 0 bridgehead atoms. The highest BCUT2D eigenvalue weighted by molar-refractivity contribution is 6.06. The van der Waals surface area contributed by atoms with Crippen molar-refractivity contribution in [2.24, 2.45) is 0 Å². The summed E-state index contributed by atoms with van der Waals surface area (Å²) in [6.45, 7) is 4.13. The van der Waals surface area contributed by atoms with Gasteiger partial charge in [0.1, 0.15) is 5.75 Å². The summed E-state index contributed by atoms with van der Waals surface area (Å²) in [6, 6.07) is 19.6. The van der Waals surface area contributed by atoms with Crippen LogP contribution in [0.5, 0.6) is 17.2 Å². The highest BCUT2D eigenvalue weighted by atomic mass is 16.5. The number of amides is 1. The zero-order chi connectivity index (χ0) is 24.5. The average molecular weight is 471 g/mol. The van der Waals surface area contributed by atoms with Crippen molar-refractivity contribution in [3.63, 3.8) is 0 Å². The molecule has 178 valence electrons. The SMILES string of the molecule is CCOc1cc([C@@H]2C(C(=O)Nc3ccc(OC)cc3)=C(C)Nc3nc4ccccc4n32)ccc1O. The van der Waals surface area contributed by atoms with Crippen molar-refractivity contribution in [2.75, 3.05) is 24.4 Å². The second kappa shape index (κ2) is 9.06. The second-order valence-electron chi connectivity index (χ2n) is 8.20. The minimum absolute atomic E-state index is 0.0465. The molecular formula is C27H26N4O4. The number of allylic oxidation sites excluding steroid dienone is 1. The first-order chi connectivity index (χ1) is 17.0. The number of carbonyl (C=O) groups is 1. The van der Waals surface area contributed by atoms with E-state index in [0.29, 0.717) is 41.0 Å². The highest BCUT2D eigenvalue weighted by Crippen LogP contribution is 2.41. The highest BCUT2D eigenvalue weighted by Gasteiger charge is 2.34. The van der Waals surface area contributed by atoms with E-state index in [-0.39, 0.29) is 11.7 Å². The van der Waals surface area contributed by atoms with Gasteiger partial charge in [-0.1, -0.05) is 18.2 Å². The fraction of sp³-hybridized carbons (Fsp3) is 0.185. The van der Waals surface area contributed by atoms with Gasteiger partial charge in [-0.05, 0) is 67.9 Å². The zero-order valence-corrected chi connectivity index (χ0v) is 19.7. The van der Waals surface area contributed by atoms with E-state index in [2.05, 4.69) is 10.6 Å². The van der Waals surface area contributed by atoms with E-state index in [1.54, 1.807) is 49.6 Å². The molecule has 3 N–H and O–H groups in total. The van der Waals surface area contributed by atoms with Crippen molar-refractivity contribution in [3.05, 3.63) is 83.6 Å². The summed E-state index contributed by atoms with van der Waals surface area (Å²) in [7, 11) is 1.60. The summed E-state index contributed by atoms with van der Waals surface area (Å²) in [6.07, 6.45) is 0. The van der Waals surface area contributed by atoms with Gasteiger partial charge in [0.25, 0.3) is 5.91 Å². The molecule has 1 atom stereocenters. The number of methoxy groups -OCH3 is 1. The lowest BCUT2D eigenvalue weighted by atomic mass is 9.94. The van der Waals surface area contributed by atoms with Gasteiger partial charge in [-0.2, -0.15) is 0 Å². The molecule has 0 unspecified atom stereocenters. The van der Waals surface area contributed by atoms with E-state index in [1.165, 1.54) is 0 Å². The van der Waals surface area contributed by atoms with Crippen LogP contribution >= 0.6 is 0 Å². The minimum Gasteiger partial charge on any atom is -0.504 e. The monoisotopic (exact) mass is 470 g/mol. The first kappa shape index (κ1) is 22.3. The van der Waals surface area contributed by atoms with Gasteiger partial charge in [-0.25, -0.2) is 4.98 Å². The molecule has 0 aliphatic carbocycles. The van der Waals surface area contributed by atoms with Crippen molar-refractivity contribution in [1.29, 1.82) is 0 Å². The van der Waals surface area contributed by atoms with Crippen molar-refractivity contribution in [1.82, 2.24) is 9.55 Å². The van der Waals surface area contributed by atoms with Gasteiger partial charge in [-0.15, -0.1) is 0 Å². The molecular weight excluding hydrogens is 444 g/mol. The Labute approximate surface area is 202 Å². The van der Waals surface area contributed by atoms with Crippen molar-refractivity contribution < 1.29 is 19.4 Å². The third-order valence-electron chi connectivity index (χ3n) is 6.02. The molecule has 35 heavy (non-hydrogen) atoms. The number of aromatic hydroxyl groups is 1. The first-order valence-corrected chi connectivity index (χ1v) is 11.4. The Bertz CT molecular complexity index is 1440. The third kappa shape index (κ3) is 4.03. The van der Waals surface area contributed by atoms with Crippen LogP contribution in [0.2, 0.25) is 0 Å². The lowest BCUT2D eigenvalue weighted by Crippen LogP contribution is -2.31. The lowest BCUT2D eigenvalue weighted by molar-refractivity contribution is -0.113. The molecule has 4 aromatic rings. The van der Waals surface area contributed by atoms with Gasteiger partial charge in [0.15, 0.2) is 11.5 Å². The molecule has 0 saturated heterocycles. The molecule has 0 radical (unpaired) electrons. The maximum absolute atomic E-state index is 13.7. The van der Waals surface area contributed by atoms with Crippen LogP contribution in [0.15, 0.2) is 78.0 Å². The summed E-state index contributed by atoms with van der Waals surface area (Å²) in [5.41, 5.74) is 4.36. The number of ether oxygens (including phenoxy) is 2. The maximum atomic E-state index is 13.7. The molecule has 1 aliphatic rings. The van der Waals surface area contributed by atoms with E-state index in [0.717, 1.165) is 16.6 Å². The Balaban J connectivity index is 1.64. The van der Waals surface area contributed by atoms with Crippen molar-refractivity contribution in [2.45, 2.75) is 19.9 Å². The van der Waals surface area contributed by atoms with Crippen LogP contribution in [-0.2, 0) is 4.79 Å². The quantitative estimate of drug-likeness (QED) is 0.364. The van der Waals surface area contributed by atoms with E-state index in [1.807, 2.05) is 42.7 Å². The number of hydrogen-bond acceptors (Lipinski definition) is 6. The number of para-hydroxylation sites is 2. The molecule has 2 heterocycles. The zero-order valence-electron chi connectivity index (χ0n) is 19.7. The smallest absolute Gasteiger partial charge is 0.255 e. The number of benzene rings is 3. The number of phenolic OH excluding ortho intramolecular Hbond substituents is 1. The largest absolute Gasteiger partial charge is 0.504 e. The van der Waals surface area contributed by atoms with Gasteiger partial charge in [0, 0.05) is 11.4 Å². The van der Waals surface area contributed by atoms with Crippen LogP contribution in [0, 0.1) is 0 Å². The molecule has 5 rings (SSSR count). The van der Waals surface area contributed by atoms with E-state index in [4.69, 9.17) is 14.5 Å². The van der Waals surface area contributed by atoms with E-state index < -0.39 is 6.04 Å². The summed E-state index contributed by atoms with van der Waals surface area (Å²) >= 11 is 0. The Kier molecular flexibility index (Phi) is 5.78. The number of nitrogens with one attached hydrogen (secondary N) is 2. The molecule has 0 saturated carbocycles. The molecule has 8 heteroatoms. The molecule has 1 amide bonds. The summed E-state index contributed by atoms with van der Waals surface area (Å²) < 4.78 is 12.9. The number of phenols is 1. The first-order valence-electron chi connectivity index (χ1n) is 11.4. The van der Waals surface area contributed by atoms with Gasteiger partial charge in [0.2, 0.25) is 5.95 Å². The fourth-order valence-corrected chi connectivity index (χ4v) is 4.42. The fourth-order valence-electron chi connectivity index (χ4n) is 4.42. The normalized spacial score (nSPS) is 14.9. The van der Waals surface area contributed by atoms with Gasteiger partial charge >= 0.3 is 0 Å². The Hall–Kier alpha value is -4.46. The molecule has 1 aliphatic heterocycles. The van der Waals surface area contributed by atoms with Gasteiger partial charge in [0.05, 0.1) is 36.4 Å². The number of fused-ring (bicyclic) bond motifs is 3. The number of rotatable bonds is 6. The van der Waals surface area contributed by atoms with Crippen LogP contribution in [0.4, 0.5) is 11.6 Å². The lowest BCUT2D eigenvalue weighted by Gasteiger charge is -2.31. The molecule has 0 fully saturated rings. The number of hydrogen-bond donors (Lipinski definition) is 3. The van der Waals surface area contributed by atoms with Crippen LogP contribution in [-0.4, -0.2) is 34.3 Å². The minimum atomic E-state index is -0.503. The second-order valence-corrected chi connectivity index (χ2v) is 8.20. The predicted octanol–water partition coefficient (Wildman–Crippen LogP) is 5.08. The Morgan fingerprint density at radius 3 is 2.66 bits per heavy atom. The van der Waals surface area contributed by atoms with Crippen molar-refractivity contribution >= 4 is 28.6 Å². The summed E-state index contributed by atoms with van der Waals surface area (Å²) in [5, 5.41) is 16.6. The Morgan fingerprint density at radius 1 is 1.14 bits per heavy atom. The number of imidazole rings is 1. The predicted molar refractivity (Wildman–Crippen MR) is 135 cm³/mol. The maximum Gasteiger partial charge on any atom is 0.255 e. The van der Waals surface area contributed by atoms with Crippen LogP contribution in [0.1, 0.15) is 25.5 Å². The Morgan fingerprint density at radius 2 is 1.91 bits per heavy atom. The van der Waals surface area contributed by atoms with E-state index in [9.17, 15) is 9.90 Å². The molecule has 1 aromatic heterocycles. The third-order valence-corrected chi connectivity index (χ3v) is 6.02. The van der Waals surface area contributed by atoms with Crippen LogP contribution in [0.25, 0.3) is 11.0 Å².